The number of anilines is 1. The maximum Gasteiger partial charge on any atom is 0.416 e. The zero-order chi connectivity index (χ0) is 16.0. The fraction of sp³-hybridized carbons (Fsp3) is 0.625. The lowest BCUT2D eigenvalue weighted by atomic mass is 10.0. The van der Waals surface area contributed by atoms with Crippen molar-refractivity contribution < 1.29 is 13.2 Å². The van der Waals surface area contributed by atoms with E-state index in [1.165, 1.54) is 12.1 Å². The van der Waals surface area contributed by atoms with E-state index in [2.05, 4.69) is 18.7 Å². The van der Waals surface area contributed by atoms with Crippen LogP contribution in [0.1, 0.15) is 44.7 Å². The van der Waals surface area contributed by atoms with Gasteiger partial charge in [-0.25, -0.2) is 0 Å². The van der Waals surface area contributed by atoms with Crippen molar-refractivity contribution in [2.24, 2.45) is 5.92 Å². The molecule has 1 aromatic rings. The first kappa shape index (κ1) is 17.8. The van der Waals surface area contributed by atoms with E-state index >= 15 is 0 Å². The number of hydrogen-bond donors (Lipinski definition) is 1. The van der Waals surface area contributed by atoms with Gasteiger partial charge in [0.25, 0.3) is 0 Å². The maximum absolute atomic E-state index is 13.1. The van der Waals surface area contributed by atoms with Crippen molar-refractivity contribution >= 4 is 5.69 Å². The minimum absolute atomic E-state index is 0.147. The average molecular weight is 302 g/mol. The standard InChI is InChI=1S/C16H25F3N2/c1-4-12(5-2)10-21(6-3)11-13-7-8-14(20)9-15(13)16(17,18)19/h7-9,12H,4-6,10-11,20H2,1-3H3. The van der Waals surface area contributed by atoms with E-state index in [-0.39, 0.29) is 5.69 Å². The van der Waals surface area contributed by atoms with E-state index in [1.54, 1.807) is 0 Å². The van der Waals surface area contributed by atoms with Crippen LogP contribution in [0.5, 0.6) is 0 Å². The summed E-state index contributed by atoms with van der Waals surface area (Å²) in [6.45, 7) is 8.08. The molecule has 120 valence electrons. The summed E-state index contributed by atoms with van der Waals surface area (Å²) in [5.74, 6) is 0.521. The van der Waals surface area contributed by atoms with Gasteiger partial charge < -0.3 is 5.73 Å². The van der Waals surface area contributed by atoms with Crippen LogP contribution in [0, 0.1) is 5.92 Å². The van der Waals surface area contributed by atoms with E-state index in [0.717, 1.165) is 32.0 Å². The highest BCUT2D eigenvalue weighted by molar-refractivity contribution is 5.46. The van der Waals surface area contributed by atoms with Crippen molar-refractivity contribution in [3.05, 3.63) is 29.3 Å². The lowest BCUT2D eigenvalue weighted by Gasteiger charge is -2.26. The van der Waals surface area contributed by atoms with E-state index in [1.807, 2.05) is 6.92 Å². The molecule has 0 aliphatic carbocycles. The Labute approximate surface area is 125 Å². The Hall–Kier alpha value is -1.23. The van der Waals surface area contributed by atoms with Crippen molar-refractivity contribution in [2.45, 2.75) is 46.3 Å². The molecule has 0 fully saturated rings. The van der Waals surface area contributed by atoms with Gasteiger partial charge in [-0.1, -0.05) is 39.7 Å². The predicted octanol–water partition coefficient (Wildman–Crippen LogP) is 4.55. The van der Waals surface area contributed by atoms with Crippen molar-refractivity contribution in [3.8, 4) is 0 Å². The molecule has 0 spiro atoms. The highest BCUT2D eigenvalue weighted by Gasteiger charge is 2.33. The molecule has 0 heterocycles. The molecule has 2 nitrogen and oxygen atoms in total. The molecule has 0 atom stereocenters. The van der Waals surface area contributed by atoms with Crippen molar-refractivity contribution in [1.29, 1.82) is 0 Å². The van der Waals surface area contributed by atoms with Gasteiger partial charge in [-0.3, -0.25) is 4.90 Å². The Kier molecular flexibility index (Phi) is 6.52. The van der Waals surface area contributed by atoms with E-state index in [9.17, 15) is 13.2 Å². The highest BCUT2D eigenvalue weighted by Crippen LogP contribution is 2.34. The van der Waals surface area contributed by atoms with Gasteiger partial charge in [0.15, 0.2) is 0 Å². The Morgan fingerprint density at radius 2 is 1.76 bits per heavy atom. The smallest absolute Gasteiger partial charge is 0.399 e. The third kappa shape index (κ3) is 5.23. The number of nitrogens with zero attached hydrogens (tertiary/aromatic N) is 1. The summed E-state index contributed by atoms with van der Waals surface area (Å²) in [4.78, 5) is 2.07. The third-order valence-electron chi connectivity index (χ3n) is 3.95. The van der Waals surface area contributed by atoms with Crippen LogP contribution in [0.25, 0.3) is 0 Å². The Bertz CT molecular complexity index is 440. The van der Waals surface area contributed by atoms with Crippen molar-refractivity contribution in [1.82, 2.24) is 4.90 Å². The SMILES string of the molecule is CCC(CC)CN(CC)Cc1ccc(N)cc1C(F)(F)F. The molecule has 0 saturated carbocycles. The van der Waals surface area contributed by atoms with Crippen LogP contribution in [0.3, 0.4) is 0 Å². The summed E-state index contributed by atoms with van der Waals surface area (Å²) in [5, 5.41) is 0. The number of benzene rings is 1. The molecule has 21 heavy (non-hydrogen) atoms. The Balaban J connectivity index is 2.94. The second-order valence-corrected chi connectivity index (χ2v) is 5.42. The topological polar surface area (TPSA) is 29.3 Å². The number of nitrogen functional groups attached to an aromatic ring is 1. The molecule has 0 amide bonds. The molecule has 0 bridgehead atoms. The van der Waals surface area contributed by atoms with E-state index < -0.39 is 11.7 Å². The second kappa shape index (κ2) is 7.69. The molecule has 0 saturated heterocycles. The Morgan fingerprint density at radius 1 is 1.14 bits per heavy atom. The van der Waals surface area contributed by atoms with E-state index in [4.69, 9.17) is 5.73 Å². The molecule has 1 aromatic carbocycles. The minimum Gasteiger partial charge on any atom is -0.399 e. The van der Waals surface area contributed by atoms with Gasteiger partial charge in [-0.2, -0.15) is 13.2 Å². The van der Waals surface area contributed by atoms with Crippen LogP contribution in [0.15, 0.2) is 18.2 Å². The normalized spacial score (nSPS) is 12.4. The lowest BCUT2D eigenvalue weighted by molar-refractivity contribution is -0.138. The van der Waals surface area contributed by atoms with Crippen LogP contribution in [0.2, 0.25) is 0 Å². The molecule has 5 heteroatoms. The fourth-order valence-corrected chi connectivity index (χ4v) is 2.45. The summed E-state index contributed by atoms with van der Waals surface area (Å²) in [7, 11) is 0. The van der Waals surface area contributed by atoms with E-state index in [0.29, 0.717) is 18.0 Å². The molecule has 0 aromatic heterocycles. The van der Waals surface area contributed by atoms with Crippen molar-refractivity contribution in [3.63, 3.8) is 0 Å². The summed E-state index contributed by atoms with van der Waals surface area (Å²) >= 11 is 0. The zero-order valence-corrected chi connectivity index (χ0v) is 13.0. The molecule has 0 aliphatic heterocycles. The van der Waals surface area contributed by atoms with Gasteiger partial charge >= 0.3 is 6.18 Å². The molecular weight excluding hydrogens is 277 g/mol. The minimum atomic E-state index is -4.36. The molecular formula is C16H25F3N2. The predicted molar refractivity (Wildman–Crippen MR) is 80.9 cm³/mol. The largest absolute Gasteiger partial charge is 0.416 e. The fourth-order valence-electron chi connectivity index (χ4n) is 2.45. The van der Waals surface area contributed by atoms with Gasteiger partial charge in [-0.05, 0) is 30.2 Å². The van der Waals surface area contributed by atoms with Crippen molar-refractivity contribution in [2.75, 3.05) is 18.8 Å². The summed E-state index contributed by atoms with van der Waals surface area (Å²) in [6.07, 6.45) is -2.28. The highest BCUT2D eigenvalue weighted by atomic mass is 19.4. The number of halogens is 3. The quantitative estimate of drug-likeness (QED) is 0.749. The lowest BCUT2D eigenvalue weighted by Crippen LogP contribution is -2.29. The van der Waals surface area contributed by atoms with Crippen LogP contribution in [0.4, 0.5) is 18.9 Å². The first-order chi connectivity index (χ1) is 9.81. The maximum atomic E-state index is 13.1. The average Bonchev–Trinajstić information content (AvgIpc) is 2.43. The van der Waals surface area contributed by atoms with Crippen LogP contribution < -0.4 is 5.73 Å². The molecule has 1 rings (SSSR count). The number of rotatable bonds is 7. The molecule has 0 aliphatic rings. The monoisotopic (exact) mass is 302 g/mol. The number of hydrogen-bond acceptors (Lipinski definition) is 2. The zero-order valence-electron chi connectivity index (χ0n) is 13.0. The van der Waals surface area contributed by atoms with Gasteiger partial charge in [0.05, 0.1) is 5.56 Å². The molecule has 2 N–H and O–H groups in total. The van der Waals surface area contributed by atoms with Gasteiger partial charge in [0, 0.05) is 18.8 Å². The summed E-state index contributed by atoms with van der Waals surface area (Å²) in [6, 6.07) is 4.06. The van der Waals surface area contributed by atoms with Gasteiger partial charge in [0.1, 0.15) is 0 Å². The summed E-state index contributed by atoms with van der Waals surface area (Å²) < 4.78 is 39.3. The number of alkyl halides is 3. The van der Waals surface area contributed by atoms with Gasteiger partial charge in [-0.15, -0.1) is 0 Å². The third-order valence-corrected chi connectivity index (χ3v) is 3.95. The first-order valence-corrected chi connectivity index (χ1v) is 7.49. The number of nitrogens with two attached hydrogens (primary N) is 1. The van der Waals surface area contributed by atoms with Crippen LogP contribution >= 0.6 is 0 Å². The van der Waals surface area contributed by atoms with Gasteiger partial charge in [0.2, 0.25) is 0 Å². The summed E-state index contributed by atoms with van der Waals surface area (Å²) in [5.41, 5.74) is 5.32. The van der Waals surface area contributed by atoms with Crippen LogP contribution in [-0.4, -0.2) is 18.0 Å². The molecule has 0 unspecified atom stereocenters. The van der Waals surface area contributed by atoms with Crippen LogP contribution in [-0.2, 0) is 12.7 Å². The second-order valence-electron chi connectivity index (χ2n) is 5.42. The molecule has 0 radical (unpaired) electrons. The first-order valence-electron chi connectivity index (χ1n) is 7.49. The Morgan fingerprint density at radius 3 is 2.24 bits per heavy atom.